The molecule has 3 rings (SSSR count). The number of benzene rings is 2. The molecule has 1 aliphatic rings. The Kier molecular flexibility index (Phi) is 6.83. The van der Waals surface area contributed by atoms with Crippen molar-refractivity contribution in [2.75, 3.05) is 18.5 Å². The molecule has 0 radical (unpaired) electrons. The van der Waals surface area contributed by atoms with Gasteiger partial charge in [-0.3, -0.25) is 29.6 Å². The van der Waals surface area contributed by atoms with Crippen LogP contribution in [0.25, 0.3) is 0 Å². The van der Waals surface area contributed by atoms with Crippen molar-refractivity contribution in [2.24, 2.45) is 5.92 Å². The zero-order valence-electron chi connectivity index (χ0n) is 16.2. The van der Waals surface area contributed by atoms with E-state index in [-0.39, 0.29) is 13.0 Å². The Balaban J connectivity index is 1.48. The molecule has 2 aromatic carbocycles. The highest BCUT2D eigenvalue weighted by molar-refractivity contribution is 9.10. The van der Waals surface area contributed by atoms with Gasteiger partial charge in [0.1, 0.15) is 0 Å². The van der Waals surface area contributed by atoms with Gasteiger partial charge in [0.15, 0.2) is 6.61 Å². The Morgan fingerprint density at radius 1 is 1.13 bits per heavy atom. The number of hydrazine groups is 1. The van der Waals surface area contributed by atoms with Gasteiger partial charge in [-0.15, -0.1) is 0 Å². The average Bonchev–Trinajstić information content (AvgIpc) is 3.08. The third-order valence-corrected chi connectivity index (χ3v) is 5.09. The zero-order chi connectivity index (χ0) is 21.7. The van der Waals surface area contributed by atoms with Crippen molar-refractivity contribution >= 4 is 45.3 Å². The average molecular weight is 474 g/mol. The lowest BCUT2D eigenvalue weighted by atomic mass is 10.1. The van der Waals surface area contributed by atoms with Crippen LogP contribution >= 0.6 is 15.9 Å². The lowest BCUT2D eigenvalue weighted by Crippen LogP contribution is -2.43. The van der Waals surface area contributed by atoms with Gasteiger partial charge >= 0.3 is 5.97 Å². The molecule has 0 unspecified atom stereocenters. The van der Waals surface area contributed by atoms with Gasteiger partial charge < -0.3 is 10.1 Å². The van der Waals surface area contributed by atoms with Crippen molar-refractivity contribution in [3.05, 3.63) is 64.1 Å². The number of rotatable bonds is 6. The van der Waals surface area contributed by atoms with Gasteiger partial charge in [0.25, 0.3) is 11.8 Å². The minimum Gasteiger partial charge on any atom is -0.455 e. The van der Waals surface area contributed by atoms with Crippen LogP contribution in [0.1, 0.15) is 22.3 Å². The fourth-order valence-electron chi connectivity index (χ4n) is 2.97. The molecule has 1 fully saturated rings. The van der Waals surface area contributed by atoms with Crippen molar-refractivity contribution in [1.29, 1.82) is 0 Å². The highest BCUT2D eigenvalue weighted by Crippen LogP contribution is 2.19. The van der Waals surface area contributed by atoms with E-state index in [9.17, 15) is 19.2 Å². The van der Waals surface area contributed by atoms with E-state index in [1.807, 2.05) is 6.07 Å². The van der Waals surface area contributed by atoms with Gasteiger partial charge in [0.05, 0.1) is 12.5 Å². The van der Waals surface area contributed by atoms with Gasteiger partial charge in [-0.1, -0.05) is 34.1 Å². The summed E-state index contributed by atoms with van der Waals surface area (Å²) < 4.78 is 5.91. The number of nitrogens with one attached hydrogen (secondary N) is 2. The molecule has 1 atom stereocenters. The number of anilines is 1. The van der Waals surface area contributed by atoms with Gasteiger partial charge in [0.2, 0.25) is 5.91 Å². The Labute approximate surface area is 181 Å². The lowest BCUT2D eigenvalue weighted by Gasteiger charge is -2.18. The molecule has 0 spiro atoms. The van der Waals surface area contributed by atoms with Crippen molar-refractivity contribution < 1.29 is 23.9 Å². The molecule has 8 nitrogen and oxygen atoms in total. The summed E-state index contributed by atoms with van der Waals surface area (Å²) in [5.74, 6) is -2.72. The SMILES string of the molecule is Cc1ccccc1C(=O)NN1C[C@@H](C(=O)OCC(=O)Nc2ccc(Br)cc2)CC1=O. The molecular weight excluding hydrogens is 454 g/mol. The number of carbonyl (C=O) groups is 4. The van der Waals surface area contributed by atoms with Crippen LogP contribution in [-0.4, -0.2) is 41.9 Å². The van der Waals surface area contributed by atoms with Crippen molar-refractivity contribution in [3.8, 4) is 0 Å². The first-order valence-electron chi connectivity index (χ1n) is 9.22. The number of nitrogens with zero attached hydrogens (tertiary/aromatic N) is 1. The van der Waals surface area contributed by atoms with Crippen molar-refractivity contribution in [2.45, 2.75) is 13.3 Å². The maximum atomic E-state index is 12.4. The number of hydrogen-bond donors (Lipinski definition) is 2. The molecule has 9 heteroatoms. The van der Waals surface area contributed by atoms with Crippen LogP contribution in [-0.2, 0) is 19.1 Å². The van der Waals surface area contributed by atoms with Crippen LogP contribution in [0.5, 0.6) is 0 Å². The maximum absolute atomic E-state index is 12.4. The number of halogens is 1. The van der Waals surface area contributed by atoms with Gasteiger partial charge in [-0.2, -0.15) is 0 Å². The summed E-state index contributed by atoms with van der Waals surface area (Å²) in [6.07, 6.45) is -0.0960. The zero-order valence-corrected chi connectivity index (χ0v) is 17.8. The number of hydrogen-bond acceptors (Lipinski definition) is 5. The first kappa shape index (κ1) is 21.5. The van der Waals surface area contributed by atoms with E-state index in [0.29, 0.717) is 11.3 Å². The molecule has 30 heavy (non-hydrogen) atoms. The topological polar surface area (TPSA) is 105 Å². The number of ether oxygens (including phenoxy) is 1. The number of carbonyl (C=O) groups excluding carboxylic acids is 4. The fraction of sp³-hybridized carbons (Fsp3) is 0.238. The van der Waals surface area contributed by atoms with Gasteiger partial charge in [0, 0.05) is 22.1 Å². The molecule has 3 amide bonds. The minimum atomic E-state index is -0.754. The molecule has 0 aliphatic carbocycles. The van der Waals surface area contributed by atoms with Crippen molar-refractivity contribution in [3.63, 3.8) is 0 Å². The fourth-order valence-corrected chi connectivity index (χ4v) is 3.23. The summed E-state index contributed by atoms with van der Waals surface area (Å²) in [6.45, 7) is 1.32. The second-order valence-electron chi connectivity index (χ2n) is 6.82. The Morgan fingerprint density at radius 2 is 1.83 bits per heavy atom. The van der Waals surface area contributed by atoms with Gasteiger partial charge in [-0.05, 0) is 42.8 Å². The van der Waals surface area contributed by atoms with Crippen LogP contribution in [0.3, 0.4) is 0 Å². The highest BCUT2D eigenvalue weighted by atomic mass is 79.9. The summed E-state index contributed by atoms with van der Waals surface area (Å²) in [6, 6.07) is 13.9. The smallest absolute Gasteiger partial charge is 0.311 e. The second kappa shape index (κ2) is 9.53. The predicted molar refractivity (Wildman–Crippen MR) is 112 cm³/mol. The molecule has 1 saturated heterocycles. The van der Waals surface area contributed by atoms with E-state index in [2.05, 4.69) is 26.7 Å². The Morgan fingerprint density at radius 3 is 2.53 bits per heavy atom. The maximum Gasteiger partial charge on any atom is 0.311 e. The molecular formula is C21H20BrN3O5. The van der Waals surface area contributed by atoms with E-state index in [0.717, 1.165) is 15.0 Å². The molecule has 2 N–H and O–H groups in total. The molecule has 2 aromatic rings. The molecule has 1 aliphatic heterocycles. The molecule has 1 heterocycles. The Hall–Kier alpha value is -3.20. The van der Waals surface area contributed by atoms with E-state index in [4.69, 9.17) is 4.74 Å². The quantitative estimate of drug-likeness (QED) is 0.626. The summed E-state index contributed by atoms with van der Waals surface area (Å²) in [5, 5.41) is 3.72. The normalized spacial score (nSPS) is 15.6. The number of aryl methyl sites for hydroxylation is 1. The summed E-state index contributed by atoms with van der Waals surface area (Å²) in [4.78, 5) is 48.7. The molecule has 0 aromatic heterocycles. The highest BCUT2D eigenvalue weighted by Gasteiger charge is 2.36. The van der Waals surface area contributed by atoms with Crippen LogP contribution in [0.2, 0.25) is 0 Å². The third-order valence-electron chi connectivity index (χ3n) is 4.56. The number of amides is 3. The molecule has 0 saturated carbocycles. The first-order chi connectivity index (χ1) is 14.3. The molecule has 0 bridgehead atoms. The standard InChI is InChI=1S/C21H20BrN3O5/c1-13-4-2-3-5-17(13)20(28)24-25-11-14(10-19(25)27)21(29)30-12-18(26)23-16-8-6-15(22)7-9-16/h2-9,14H,10-12H2,1H3,(H,23,26)(H,24,28)/t14-/m0/s1. The molecule has 156 valence electrons. The largest absolute Gasteiger partial charge is 0.455 e. The van der Waals surface area contributed by atoms with E-state index in [1.165, 1.54) is 0 Å². The van der Waals surface area contributed by atoms with Gasteiger partial charge in [-0.25, -0.2) is 0 Å². The van der Waals surface area contributed by atoms with E-state index >= 15 is 0 Å². The van der Waals surface area contributed by atoms with E-state index in [1.54, 1.807) is 49.4 Å². The Bertz CT molecular complexity index is 977. The van der Waals surface area contributed by atoms with Crippen LogP contribution in [0.15, 0.2) is 53.0 Å². The predicted octanol–water partition coefficient (Wildman–Crippen LogP) is 2.43. The van der Waals surface area contributed by atoms with Crippen LogP contribution in [0.4, 0.5) is 5.69 Å². The number of esters is 1. The summed E-state index contributed by atoms with van der Waals surface area (Å²) in [7, 11) is 0. The third kappa shape index (κ3) is 5.44. The van der Waals surface area contributed by atoms with E-state index < -0.39 is 36.2 Å². The van der Waals surface area contributed by atoms with Crippen LogP contribution in [0, 0.1) is 12.8 Å². The van der Waals surface area contributed by atoms with Crippen molar-refractivity contribution in [1.82, 2.24) is 10.4 Å². The minimum absolute atomic E-state index is 0.0103. The van der Waals surface area contributed by atoms with Crippen LogP contribution < -0.4 is 10.7 Å². The summed E-state index contributed by atoms with van der Waals surface area (Å²) >= 11 is 3.30. The second-order valence-corrected chi connectivity index (χ2v) is 7.74. The monoisotopic (exact) mass is 473 g/mol. The summed E-state index contributed by atoms with van der Waals surface area (Å²) in [5.41, 5.74) is 4.31. The lowest BCUT2D eigenvalue weighted by molar-refractivity contribution is -0.151. The first-order valence-corrected chi connectivity index (χ1v) is 10.0.